The van der Waals surface area contributed by atoms with E-state index in [9.17, 15) is 4.79 Å². The van der Waals surface area contributed by atoms with Crippen LogP contribution in [0.25, 0.3) is 22.4 Å². The molecule has 7 heteroatoms. The number of thiazole rings is 1. The first kappa shape index (κ1) is 20.4. The van der Waals surface area contributed by atoms with E-state index in [2.05, 4.69) is 41.4 Å². The van der Waals surface area contributed by atoms with E-state index in [4.69, 9.17) is 16.3 Å². The smallest absolute Gasteiger partial charge is 0.276 e. The number of fused-ring (bicyclic) bond motifs is 1. The van der Waals surface area contributed by atoms with Crippen LogP contribution >= 0.6 is 22.9 Å². The standard InChI is InChI=1S/C25H18ClN3O2S/c1-16-6-8-18(9-7-16)15-31-19-12-10-17(11-13-19)14-22-24(30)29-23(27-28-25(29)32-22)20-4-2-3-5-21(20)26/h2-14H,15H2,1H3/b22-14-. The monoisotopic (exact) mass is 459 g/mol. The number of benzene rings is 3. The lowest BCUT2D eigenvalue weighted by molar-refractivity contribution is 0.306. The molecule has 0 radical (unpaired) electrons. The number of nitrogens with zero attached hydrogens (tertiary/aromatic N) is 3. The van der Waals surface area contributed by atoms with Crippen LogP contribution in [0.1, 0.15) is 16.7 Å². The minimum Gasteiger partial charge on any atom is -0.489 e. The highest BCUT2D eigenvalue weighted by Gasteiger charge is 2.16. The first-order chi connectivity index (χ1) is 15.6. The summed E-state index contributed by atoms with van der Waals surface area (Å²) in [5.41, 5.74) is 3.76. The Hall–Kier alpha value is -3.48. The predicted octanol–water partition coefficient (Wildman–Crippen LogP) is 4.91. The van der Waals surface area contributed by atoms with Gasteiger partial charge in [-0.15, -0.1) is 10.2 Å². The van der Waals surface area contributed by atoms with Gasteiger partial charge in [0.2, 0.25) is 4.96 Å². The van der Waals surface area contributed by atoms with Crippen LogP contribution in [-0.2, 0) is 6.61 Å². The fourth-order valence-electron chi connectivity index (χ4n) is 3.34. The molecule has 0 bridgehead atoms. The average Bonchev–Trinajstić information content (AvgIpc) is 3.35. The van der Waals surface area contributed by atoms with Crippen molar-refractivity contribution >= 4 is 34.0 Å². The van der Waals surface area contributed by atoms with Crippen molar-refractivity contribution in [1.82, 2.24) is 14.6 Å². The van der Waals surface area contributed by atoms with Gasteiger partial charge in [-0.05, 0) is 48.4 Å². The number of aromatic nitrogens is 3. The average molecular weight is 460 g/mol. The van der Waals surface area contributed by atoms with Crippen LogP contribution in [0.15, 0.2) is 77.6 Å². The Bertz CT molecular complexity index is 1510. The van der Waals surface area contributed by atoms with E-state index < -0.39 is 0 Å². The Labute approximate surface area is 193 Å². The molecular formula is C25H18ClN3O2S. The Morgan fingerprint density at radius 2 is 1.75 bits per heavy atom. The molecule has 3 aromatic carbocycles. The van der Waals surface area contributed by atoms with Crippen LogP contribution in [-0.4, -0.2) is 14.6 Å². The zero-order chi connectivity index (χ0) is 22.1. The molecule has 5 nitrogen and oxygen atoms in total. The third-order valence-corrected chi connectivity index (χ3v) is 6.36. The van der Waals surface area contributed by atoms with Crippen LogP contribution in [0, 0.1) is 6.92 Å². The fraction of sp³-hybridized carbons (Fsp3) is 0.0800. The van der Waals surface area contributed by atoms with Gasteiger partial charge in [-0.3, -0.25) is 4.79 Å². The molecule has 0 spiro atoms. The number of hydrogen-bond donors (Lipinski definition) is 0. The van der Waals surface area contributed by atoms with Crippen molar-refractivity contribution in [3.8, 4) is 17.1 Å². The van der Waals surface area contributed by atoms with Crippen LogP contribution in [0.5, 0.6) is 5.75 Å². The summed E-state index contributed by atoms with van der Waals surface area (Å²) >= 11 is 7.59. The van der Waals surface area contributed by atoms with E-state index in [0.717, 1.165) is 16.9 Å². The van der Waals surface area contributed by atoms with Crippen LogP contribution in [0.4, 0.5) is 0 Å². The third kappa shape index (κ3) is 4.02. The van der Waals surface area contributed by atoms with Crippen molar-refractivity contribution in [3.05, 3.63) is 109 Å². The molecule has 0 aliphatic carbocycles. The molecule has 5 rings (SSSR count). The van der Waals surface area contributed by atoms with E-state index >= 15 is 0 Å². The normalized spacial score (nSPS) is 11.9. The van der Waals surface area contributed by atoms with Crippen molar-refractivity contribution in [2.75, 3.05) is 0 Å². The molecule has 0 atom stereocenters. The number of hydrogen-bond acceptors (Lipinski definition) is 5. The molecule has 0 aliphatic rings. The zero-order valence-corrected chi connectivity index (χ0v) is 18.7. The molecule has 158 valence electrons. The lowest BCUT2D eigenvalue weighted by atomic mass is 10.2. The number of aryl methyl sites for hydroxylation is 1. The summed E-state index contributed by atoms with van der Waals surface area (Å²) in [6, 6.07) is 23.2. The molecule has 2 heterocycles. The maximum absolute atomic E-state index is 13.0. The fourth-order valence-corrected chi connectivity index (χ4v) is 4.48. The van der Waals surface area contributed by atoms with Gasteiger partial charge in [-0.2, -0.15) is 0 Å². The first-order valence-corrected chi connectivity index (χ1v) is 11.2. The van der Waals surface area contributed by atoms with Gasteiger partial charge in [0.1, 0.15) is 12.4 Å². The van der Waals surface area contributed by atoms with E-state index in [1.165, 1.54) is 21.3 Å². The van der Waals surface area contributed by atoms with Gasteiger partial charge in [0.05, 0.1) is 9.55 Å². The second kappa shape index (κ2) is 8.57. The second-order valence-corrected chi connectivity index (χ2v) is 8.80. The molecule has 5 aromatic rings. The maximum Gasteiger partial charge on any atom is 0.276 e. The molecule has 0 saturated heterocycles. The predicted molar refractivity (Wildman–Crippen MR) is 128 cm³/mol. The largest absolute Gasteiger partial charge is 0.489 e. The summed E-state index contributed by atoms with van der Waals surface area (Å²) in [7, 11) is 0. The summed E-state index contributed by atoms with van der Waals surface area (Å²) < 4.78 is 7.96. The summed E-state index contributed by atoms with van der Waals surface area (Å²) in [5.74, 6) is 1.22. The summed E-state index contributed by atoms with van der Waals surface area (Å²) in [6.45, 7) is 2.57. The van der Waals surface area contributed by atoms with Gasteiger partial charge in [-0.25, -0.2) is 4.40 Å². The molecular weight excluding hydrogens is 442 g/mol. The number of rotatable bonds is 5. The van der Waals surface area contributed by atoms with Crippen molar-refractivity contribution in [2.45, 2.75) is 13.5 Å². The first-order valence-electron chi connectivity index (χ1n) is 10.0. The Morgan fingerprint density at radius 1 is 1.00 bits per heavy atom. The van der Waals surface area contributed by atoms with Crippen LogP contribution < -0.4 is 14.8 Å². The van der Waals surface area contributed by atoms with Gasteiger partial charge in [-0.1, -0.05) is 77.0 Å². The van der Waals surface area contributed by atoms with Crippen LogP contribution in [0.3, 0.4) is 0 Å². The van der Waals surface area contributed by atoms with Crippen molar-refractivity contribution in [3.63, 3.8) is 0 Å². The molecule has 0 N–H and O–H groups in total. The lowest BCUT2D eigenvalue weighted by Crippen LogP contribution is -2.23. The zero-order valence-electron chi connectivity index (χ0n) is 17.2. The lowest BCUT2D eigenvalue weighted by Gasteiger charge is -2.06. The summed E-state index contributed by atoms with van der Waals surface area (Å²) in [4.78, 5) is 13.6. The van der Waals surface area contributed by atoms with Crippen LogP contribution in [0.2, 0.25) is 5.02 Å². The number of ether oxygens (including phenoxy) is 1. The van der Waals surface area contributed by atoms with E-state index in [-0.39, 0.29) is 5.56 Å². The van der Waals surface area contributed by atoms with E-state index in [0.29, 0.717) is 32.5 Å². The molecule has 0 amide bonds. The maximum atomic E-state index is 13.0. The topological polar surface area (TPSA) is 56.5 Å². The second-order valence-electron chi connectivity index (χ2n) is 7.38. The highest BCUT2D eigenvalue weighted by Crippen LogP contribution is 2.26. The molecule has 32 heavy (non-hydrogen) atoms. The highest BCUT2D eigenvalue weighted by atomic mass is 35.5. The van der Waals surface area contributed by atoms with Gasteiger partial charge in [0, 0.05) is 5.56 Å². The quantitative estimate of drug-likeness (QED) is 0.375. The van der Waals surface area contributed by atoms with Gasteiger partial charge >= 0.3 is 0 Å². The Morgan fingerprint density at radius 3 is 2.50 bits per heavy atom. The van der Waals surface area contributed by atoms with Crippen molar-refractivity contribution in [2.24, 2.45) is 0 Å². The Balaban J connectivity index is 1.41. The molecule has 0 unspecified atom stereocenters. The highest BCUT2D eigenvalue weighted by molar-refractivity contribution is 7.15. The molecule has 0 aliphatic heterocycles. The Kier molecular flexibility index (Phi) is 5.47. The van der Waals surface area contributed by atoms with Crippen molar-refractivity contribution < 1.29 is 4.74 Å². The third-order valence-electron chi connectivity index (χ3n) is 5.07. The van der Waals surface area contributed by atoms with Gasteiger partial charge in [0.15, 0.2) is 5.82 Å². The van der Waals surface area contributed by atoms with Gasteiger partial charge in [0.25, 0.3) is 5.56 Å². The minimum atomic E-state index is -0.162. The van der Waals surface area contributed by atoms with Crippen molar-refractivity contribution in [1.29, 1.82) is 0 Å². The number of halogens is 1. The summed E-state index contributed by atoms with van der Waals surface area (Å²) in [6.07, 6.45) is 1.85. The minimum absolute atomic E-state index is 0.162. The molecule has 2 aromatic heterocycles. The van der Waals surface area contributed by atoms with Gasteiger partial charge < -0.3 is 4.74 Å². The molecule has 0 saturated carbocycles. The SMILES string of the molecule is Cc1ccc(COc2ccc(/C=c3\sc4nnc(-c5ccccc5Cl)n4c3=O)cc2)cc1. The van der Waals surface area contributed by atoms with E-state index in [1.807, 2.05) is 48.5 Å². The van der Waals surface area contributed by atoms with E-state index in [1.54, 1.807) is 6.07 Å². The summed E-state index contributed by atoms with van der Waals surface area (Å²) in [5, 5.41) is 8.86. The molecule has 0 fully saturated rings.